The molecule has 0 bridgehead atoms. The largest absolute Gasteiger partial charge is 0.370 e. The number of nitrogens with two attached hydrogens (primary N) is 1. The molecule has 2 rings (SSSR count). The second-order valence-corrected chi connectivity index (χ2v) is 5.61. The Morgan fingerprint density at radius 2 is 2.26 bits per heavy atom. The molecule has 5 heteroatoms. The molecule has 19 heavy (non-hydrogen) atoms. The molecule has 104 valence electrons. The Kier molecular flexibility index (Phi) is 3.72. The topological polar surface area (TPSA) is 41.6 Å². The summed E-state index contributed by atoms with van der Waals surface area (Å²) in [4.78, 5) is 6.45. The van der Waals surface area contributed by atoms with Crippen molar-refractivity contribution in [2.24, 2.45) is 10.7 Å². The fourth-order valence-electron chi connectivity index (χ4n) is 2.60. The summed E-state index contributed by atoms with van der Waals surface area (Å²) in [5.74, 6) is 0.133. The van der Waals surface area contributed by atoms with Crippen LogP contribution in [0.3, 0.4) is 0 Å². The number of hydrogen-bond donors (Lipinski definition) is 1. The summed E-state index contributed by atoms with van der Waals surface area (Å²) in [6, 6.07) is 5.08. The number of nitrogens with zero attached hydrogens (tertiary/aromatic N) is 2. The van der Waals surface area contributed by atoms with E-state index in [4.69, 9.17) is 17.3 Å². The average Bonchev–Trinajstić information content (AvgIpc) is 2.69. The maximum absolute atomic E-state index is 13.3. The molecule has 0 saturated carbocycles. The molecule has 1 aliphatic heterocycles. The van der Waals surface area contributed by atoms with Gasteiger partial charge in [-0.1, -0.05) is 24.6 Å². The van der Waals surface area contributed by atoms with Crippen LogP contribution in [-0.4, -0.2) is 23.4 Å². The van der Waals surface area contributed by atoms with Crippen LogP contribution < -0.4 is 5.73 Å². The summed E-state index contributed by atoms with van der Waals surface area (Å²) in [6.45, 7) is 6.84. The maximum Gasteiger partial charge on any atom is 0.192 e. The highest BCUT2D eigenvalue weighted by Gasteiger charge is 2.41. The van der Waals surface area contributed by atoms with Crippen LogP contribution in [0.15, 0.2) is 23.2 Å². The Labute approximate surface area is 118 Å². The van der Waals surface area contributed by atoms with Crippen LogP contribution in [0.4, 0.5) is 4.39 Å². The van der Waals surface area contributed by atoms with Gasteiger partial charge in [-0.3, -0.25) is 4.99 Å². The zero-order chi connectivity index (χ0) is 14.2. The molecular weight excluding hydrogens is 265 g/mol. The van der Waals surface area contributed by atoms with Gasteiger partial charge in [-0.25, -0.2) is 4.39 Å². The Bertz CT molecular complexity index is 517. The third-order valence-electron chi connectivity index (χ3n) is 3.90. The Balaban J connectivity index is 2.43. The molecular formula is C14H19ClFN3. The van der Waals surface area contributed by atoms with Gasteiger partial charge in [0.25, 0.3) is 0 Å². The van der Waals surface area contributed by atoms with Crippen LogP contribution in [0.25, 0.3) is 0 Å². The van der Waals surface area contributed by atoms with Crippen LogP contribution >= 0.6 is 11.6 Å². The number of guanidine groups is 1. The van der Waals surface area contributed by atoms with E-state index < -0.39 is 5.82 Å². The second kappa shape index (κ2) is 5.00. The highest BCUT2D eigenvalue weighted by Crippen LogP contribution is 2.36. The number of halogens is 2. The van der Waals surface area contributed by atoms with Crippen LogP contribution in [0, 0.1) is 5.82 Å². The SMILES string of the molecule is CCC(C)N1C(N)=NCC1(C)c1ccc(F)c(Cl)c1. The van der Waals surface area contributed by atoms with E-state index in [-0.39, 0.29) is 16.6 Å². The van der Waals surface area contributed by atoms with E-state index in [0.29, 0.717) is 12.5 Å². The van der Waals surface area contributed by atoms with Crippen LogP contribution in [0.5, 0.6) is 0 Å². The van der Waals surface area contributed by atoms with Crippen molar-refractivity contribution in [3.8, 4) is 0 Å². The molecule has 2 unspecified atom stereocenters. The third kappa shape index (κ3) is 2.29. The summed E-state index contributed by atoms with van der Waals surface area (Å²) < 4.78 is 13.3. The molecule has 0 aromatic heterocycles. The molecule has 0 amide bonds. The van der Waals surface area contributed by atoms with E-state index in [9.17, 15) is 4.39 Å². The molecule has 1 heterocycles. The zero-order valence-electron chi connectivity index (χ0n) is 11.5. The molecule has 0 radical (unpaired) electrons. The minimum atomic E-state index is -0.406. The molecule has 1 aromatic rings. The first-order chi connectivity index (χ1) is 8.90. The van der Waals surface area contributed by atoms with Crippen molar-refractivity contribution in [2.45, 2.75) is 38.8 Å². The normalized spacial score (nSPS) is 24.5. The minimum Gasteiger partial charge on any atom is -0.370 e. The molecule has 2 N–H and O–H groups in total. The Morgan fingerprint density at radius 3 is 2.84 bits per heavy atom. The van der Waals surface area contributed by atoms with E-state index in [1.165, 1.54) is 6.07 Å². The molecule has 1 aromatic carbocycles. The van der Waals surface area contributed by atoms with Crippen molar-refractivity contribution in [1.82, 2.24) is 4.90 Å². The second-order valence-electron chi connectivity index (χ2n) is 5.20. The van der Waals surface area contributed by atoms with E-state index in [1.807, 2.05) is 0 Å². The van der Waals surface area contributed by atoms with Gasteiger partial charge in [-0.2, -0.15) is 0 Å². The van der Waals surface area contributed by atoms with Gasteiger partial charge in [0.2, 0.25) is 0 Å². The minimum absolute atomic E-state index is 0.133. The summed E-state index contributed by atoms with van der Waals surface area (Å²) in [5, 5.41) is 0.133. The quantitative estimate of drug-likeness (QED) is 0.926. The van der Waals surface area contributed by atoms with E-state index in [1.54, 1.807) is 12.1 Å². The molecule has 1 aliphatic rings. The van der Waals surface area contributed by atoms with E-state index >= 15 is 0 Å². The standard InChI is InChI=1S/C14H19ClFN3/c1-4-9(2)19-13(17)18-8-14(19,3)10-5-6-12(16)11(15)7-10/h5-7,9H,4,8H2,1-3H3,(H2,17,18). The fraction of sp³-hybridized carbons (Fsp3) is 0.500. The zero-order valence-corrected chi connectivity index (χ0v) is 12.2. The first-order valence-corrected chi connectivity index (χ1v) is 6.82. The highest BCUT2D eigenvalue weighted by molar-refractivity contribution is 6.30. The number of benzene rings is 1. The lowest BCUT2D eigenvalue weighted by atomic mass is 9.89. The van der Waals surface area contributed by atoms with E-state index in [2.05, 4.69) is 30.7 Å². The molecule has 3 nitrogen and oxygen atoms in total. The first-order valence-electron chi connectivity index (χ1n) is 6.45. The summed E-state index contributed by atoms with van der Waals surface area (Å²) >= 11 is 5.89. The highest BCUT2D eigenvalue weighted by atomic mass is 35.5. The van der Waals surface area contributed by atoms with Crippen molar-refractivity contribution in [3.63, 3.8) is 0 Å². The van der Waals surface area contributed by atoms with Gasteiger partial charge in [-0.15, -0.1) is 0 Å². The van der Waals surface area contributed by atoms with Crippen LogP contribution in [-0.2, 0) is 5.54 Å². The number of hydrogen-bond acceptors (Lipinski definition) is 3. The Morgan fingerprint density at radius 1 is 1.58 bits per heavy atom. The number of rotatable bonds is 3. The van der Waals surface area contributed by atoms with Gasteiger partial charge >= 0.3 is 0 Å². The Hall–Kier alpha value is -1.29. The summed E-state index contributed by atoms with van der Waals surface area (Å²) in [5.41, 5.74) is 6.57. The maximum atomic E-state index is 13.3. The van der Waals surface area contributed by atoms with Gasteiger partial charge < -0.3 is 10.6 Å². The van der Waals surface area contributed by atoms with Gasteiger partial charge in [0.15, 0.2) is 5.96 Å². The van der Waals surface area contributed by atoms with Gasteiger partial charge in [0, 0.05) is 6.04 Å². The van der Waals surface area contributed by atoms with Gasteiger partial charge in [-0.05, 0) is 38.0 Å². The van der Waals surface area contributed by atoms with Crippen molar-refractivity contribution in [3.05, 3.63) is 34.6 Å². The van der Waals surface area contributed by atoms with Gasteiger partial charge in [0.1, 0.15) is 5.82 Å². The number of aliphatic imine (C=N–C) groups is 1. The molecule has 2 atom stereocenters. The lowest BCUT2D eigenvalue weighted by molar-refractivity contribution is 0.171. The predicted octanol–water partition coefficient (Wildman–Crippen LogP) is 3.12. The van der Waals surface area contributed by atoms with Crippen molar-refractivity contribution < 1.29 is 4.39 Å². The lowest BCUT2D eigenvalue weighted by Gasteiger charge is -2.40. The lowest BCUT2D eigenvalue weighted by Crippen LogP contribution is -2.51. The fourth-order valence-corrected chi connectivity index (χ4v) is 2.78. The van der Waals surface area contributed by atoms with Crippen molar-refractivity contribution >= 4 is 17.6 Å². The first kappa shape index (κ1) is 14.1. The monoisotopic (exact) mass is 283 g/mol. The van der Waals surface area contributed by atoms with E-state index in [0.717, 1.165) is 12.0 Å². The molecule has 0 spiro atoms. The van der Waals surface area contributed by atoms with Gasteiger partial charge in [0.05, 0.1) is 17.1 Å². The average molecular weight is 284 g/mol. The summed E-state index contributed by atoms with van der Waals surface area (Å²) in [7, 11) is 0. The van der Waals surface area contributed by atoms with Crippen molar-refractivity contribution in [2.75, 3.05) is 6.54 Å². The third-order valence-corrected chi connectivity index (χ3v) is 4.19. The predicted molar refractivity (Wildman–Crippen MR) is 76.8 cm³/mol. The molecule has 0 aliphatic carbocycles. The molecule has 0 saturated heterocycles. The molecule has 0 fully saturated rings. The smallest absolute Gasteiger partial charge is 0.192 e. The van der Waals surface area contributed by atoms with Crippen LogP contribution in [0.1, 0.15) is 32.8 Å². The summed E-state index contributed by atoms with van der Waals surface area (Å²) in [6.07, 6.45) is 0.959. The van der Waals surface area contributed by atoms with Crippen molar-refractivity contribution in [1.29, 1.82) is 0 Å². The van der Waals surface area contributed by atoms with Crippen LogP contribution in [0.2, 0.25) is 5.02 Å².